The lowest BCUT2D eigenvalue weighted by Crippen LogP contribution is -2.15. The van der Waals surface area contributed by atoms with Crippen LogP contribution in [0.25, 0.3) is 0 Å². The summed E-state index contributed by atoms with van der Waals surface area (Å²) >= 11 is 11.4. The average molecular weight is 274 g/mol. The van der Waals surface area contributed by atoms with Crippen LogP contribution in [0.3, 0.4) is 0 Å². The number of halogens is 3. The van der Waals surface area contributed by atoms with Gasteiger partial charge in [-0.25, -0.2) is 14.1 Å². The number of carbonyl (C=O) groups excluding carboxylic acids is 1. The average Bonchev–Trinajstić information content (AvgIpc) is 2.84. The van der Waals surface area contributed by atoms with Crippen molar-refractivity contribution in [2.24, 2.45) is 0 Å². The minimum atomic E-state index is -1.92. The number of alkyl halides is 1. The molecule has 1 aromatic heterocycles. The standard InChI is InChI=1S/C10H6Cl2FN3O/c11-7-2-1-6(3-8(7)12)9(17)10(13)16-5-14-4-15-16/h1-5,10H. The van der Waals surface area contributed by atoms with E-state index < -0.39 is 12.1 Å². The fourth-order valence-corrected chi connectivity index (χ4v) is 1.54. The fraction of sp³-hybridized carbons (Fsp3) is 0.100. The van der Waals surface area contributed by atoms with E-state index in [0.717, 1.165) is 17.3 Å². The lowest BCUT2D eigenvalue weighted by atomic mass is 10.1. The summed E-state index contributed by atoms with van der Waals surface area (Å²) in [6, 6.07) is 4.15. The highest BCUT2D eigenvalue weighted by atomic mass is 35.5. The molecule has 1 atom stereocenters. The molecule has 0 aliphatic heterocycles. The Kier molecular flexibility index (Phi) is 3.40. The molecule has 4 nitrogen and oxygen atoms in total. The van der Waals surface area contributed by atoms with Crippen LogP contribution in [-0.4, -0.2) is 20.5 Å². The Labute approximate surface area is 106 Å². The second-order valence-electron chi connectivity index (χ2n) is 3.20. The maximum absolute atomic E-state index is 13.7. The molecule has 88 valence electrons. The van der Waals surface area contributed by atoms with E-state index in [0.29, 0.717) is 5.02 Å². The quantitative estimate of drug-likeness (QED) is 0.808. The molecule has 0 aliphatic carbocycles. The zero-order chi connectivity index (χ0) is 12.4. The van der Waals surface area contributed by atoms with Crippen LogP contribution in [-0.2, 0) is 0 Å². The van der Waals surface area contributed by atoms with Crippen LogP contribution in [0.2, 0.25) is 10.0 Å². The molecule has 1 heterocycles. The third-order valence-electron chi connectivity index (χ3n) is 2.09. The highest BCUT2D eigenvalue weighted by Gasteiger charge is 2.22. The van der Waals surface area contributed by atoms with E-state index in [4.69, 9.17) is 23.2 Å². The first kappa shape index (κ1) is 12.0. The molecule has 0 bridgehead atoms. The molecule has 2 rings (SSSR count). The van der Waals surface area contributed by atoms with Gasteiger partial charge in [0.15, 0.2) is 0 Å². The molecule has 0 N–H and O–H groups in total. The minimum absolute atomic E-state index is 0.127. The monoisotopic (exact) mass is 273 g/mol. The van der Waals surface area contributed by atoms with Gasteiger partial charge in [0.25, 0.3) is 6.30 Å². The van der Waals surface area contributed by atoms with Crippen molar-refractivity contribution in [3.63, 3.8) is 0 Å². The molecule has 17 heavy (non-hydrogen) atoms. The van der Waals surface area contributed by atoms with Crippen molar-refractivity contribution in [2.75, 3.05) is 0 Å². The summed E-state index contributed by atoms with van der Waals surface area (Å²) in [4.78, 5) is 15.3. The second-order valence-corrected chi connectivity index (χ2v) is 4.02. The zero-order valence-electron chi connectivity index (χ0n) is 8.35. The molecule has 1 aromatic carbocycles. The van der Waals surface area contributed by atoms with Crippen LogP contribution >= 0.6 is 23.2 Å². The number of Topliss-reactive ketones (excluding diaryl/α,β-unsaturated/α-hetero) is 1. The van der Waals surface area contributed by atoms with Gasteiger partial charge in [-0.3, -0.25) is 4.79 Å². The van der Waals surface area contributed by atoms with Crippen molar-refractivity contribution in [1.29, 1.82) is 0 Å². The summed E-state index contributed by atoms with van der Waals surface area (Å²) in [5, 5.41) is 4.06. The summed E-state index contributed by atoms with van der Waals surface area (Å²) in [5.74, 6) is -0.755. The highest BCUT2D eigenvalue weighted by molar-refractivity contribution is 6.42. The lowest BCUT2D eigenvalue weighted by molar-refractivity contribution is 0.0779. The third kappa shape index (κ3) is 2.45. The molecular formula is C10H6Cl2FN3O. The summed E-state index contributed by atoms with van der Waals surface area (Å²) in [5.41, 5.74) is 0.127. The van der Waals surface area contributed by atoms with E-state index >= 15 is 0 Å². The van der Waals surface area contributed by atoms with Gasteiger partial charge < -0.3 is 0 Å². The van der Waals surface area contributed by atoms with Crippen molar-refractivity contribution in [3.05, 3.63) is 46.5 Å². The fourth-order valence-electron chi connectivity index (χ4n) is 1.24. The number of nitrogens with zero attached hydrogens (tertiary/aromatic N) is 3. The topological polar surface area (TPSA) is 47.8 Å². The van der Waals surface area contributed by atoms with Crippen LogP contribution in [0, 0.1) is 0 Å². The van der Waals surface area contributed by atoms with Crippen LogP contribution in [0.4, 0.5) is 4.39 Å². The van der Waals surface area contributed by atoms with Gasteiger partial charge in [-0.05, 0) is 18.2 Å². The van der Waals surface area contributed by atoms with Crippen LogP contribution in [0.1, 0.15) is 16.7 Å². The molecule has 0 saturated carbocycles. The summed E-state index contributed by atoms with van der Waals surface area (Å²) in [6.45, 7) is 0. The first-order chi connectivity index (χ1) is 8.09. The number of hydrogen-bond donors (Lipinski definition) is 0. The normalized spacial score (nSPS) is 12.4. The first-order valence-electron chi connectivity index (χ1n) is 4.57. The molecule has 2 aromatic rings. The van der Waals surface area contributed by atoms with Crippen molar-refractivity contribution in [3.8, 4) is 0 Å². The predicted octanol–water partition coefficient (Wildman–Crippen LogP) is 2.94. The van der Waals surface area contributed by atoms with E-state index in [9.17, 15) is 9.18 Å². The van der Waals surface area contributed by atoms with Gasteiger partial charge in [-0.1, -0.05) is 23.2 Å². The maximum atomic E-state index is 13.7. The van der Waals surface area contributed by atoms with Crippen molar-refractivity contribution >= 4 is 29.0 Å². The Hall–Kier alpha value is -1.46. The Morgan fingerprint density at radius 3 is 2.71 bits per heavy atom. The number of benzene rings is 1. The third-order valence-corrected chi connectivity index (χ3v) is 2.83. The molecule has 0 aliphatic rings. The van der Waals surface area contributed by atoms with E-state index in [2.05, 4.69) is 10.1 Å². The smallest absolute Gasteiger partial charge is 0.255 e. The molecule has 0 spiro atoms. The largest absolute Gasteiger partial charge is 0.289 e. The highest BCUT2D eigenvalue weighted by Crippen LogP contribution is 2.24. The number of rotatable bonds is 3. The van der Waals surface area contributed by atoms with Gasteiger partial charge in [0.05, 0.1) is 10.0 Å². The molecule has 0 amide bonds. The predicted molar refractivity (Wildman–Crippen MR) is 61.0 cm³/mol. The van der Waals surface area contributed by atoms with Gasteiger partial charge >= 0.3 is 0 Å². The Balaban J connectivity index is 2.28. The van der Waals surface area contributed by atoms with E-state index in [-0.39, 0.29) is 10.6 Å². The molecule has 0 saturated heterocycles. The van der Waals surface area contributed by atoms with Gasteiger partial charge in [-0.2, -0.15) is 5.10 Å². The summed E-state index contributed by atoms with van der Waals surface area (Å²) < 4.78 is 14.5. The number of carbonyl (C=O) groups is 1. The number of ketones is 1. The molecular weight excluding hydrogens is 268 g/mol. The number of hydrogen-bond acceptors (Lipinski definition) is 3. The van der Waals surface area contributed by atoms with Gasteiger partial charge in [0.1, 0.15) is 12.7 Å². The zero-order valence-corrected chi connectivity index (χ0v) is 9.86. The van der Waals surface area contributed by atoms with Crippen molar-refractivity contribution < 1.29 is 9.18 Å². The van der Waals surface area contributed by atoms with Crippen LogP contribution < -0.4 is 0 Å². The molecule has 7 heteroatoms. The number of aromatic nitrogens is 3. The Morgan fingerprint density at radius 2 is 2.12 bits per heavy atom. The SMILES string of the molecule is O=C(c1ccc(Cl)c(Cl)c1)C(F)n1cncn1. The summed E-state index contributed by atoms with van der Waals surface area (Å²) in [7, 11) is 0. The molecule has 1 unspecified atom stereocenters. The molecule has 0 fully saturated rings. The first-order valence-corrected chi connectivity index (χ1v) is 5.32. The Bertz CT molecular complexity index is 544. The van der Waals surface area contributed by atoms with Crippen molar-refractivity contribution in [1.82, 2.24) is 14.8 Å². The minimum Gasteiger partial charge on any atom is -0.289 e. The lowest BCUT2D eigenvalue weighted by Gasteiger charge is -2.07. The van der Waals surface area contributed by atoms with Gasteiger partial charge in [0.2, 0.25) is 5.78 Å². The van der Waals surface area contributed by atoms with E-state index in [1.54, 1.807) is 0 Å². The van der Waals surface area contributed by atoms with E-state index in [1.165, 1.54) is 18.2 Å². The van der Waals surface area contributed by atoms with Gasteiger partial charge in [-0.15, -0.1) is 0 Å². The van der Waals surface area contributed by atoms with Gasteiger partial charge in [0, 0.05) is 5.56 Å². The summed E-state index contributed by atoms with van der Waals surface area (Å²) in [6.07, 6.45) is 0.351. The van der Waals surface area contributed by atoms with Crippen LogP contribution in [0.5, 0.6) is 0 Å². The van der Waals surface area contributed by atoms with Crippen LogP contribution in [0.15, 0.2) is 30.9 Å². The molecule has 0 radical (unpaired) electrons. The maximum Gasteiger partial charge on any atom is 0.255 e. The van der Waals surface area contributed by atoms with Crippen molar-refractivity contribution in [2.45, 2.75) is 6.30 Å². The Morgan fingerprint density at radius 1 is 1.35 bits per heavy atom. The second kappa shape index (κ2) is 4.81. The van der Waals surface area contributed by atoms with E-state index in [1.807, 2.05) is 0 Å².